The van der Waals surface area contributed by atoms with Crippen LogP contribution < -0.4 is 39.3 Å². The Morgan fingerprint density at radius 2 is 1.54 bits per heavy atom. The van der Waals surface area contributed by atoms with Crippen molar-refractivity contribution < 1.29 is 72.6 Å². The normalized spacial score (nSPS) is 44.6. The molecule has 20 nitrogen and oxygen atoms in total. The second-order valence-electron chi connectivity index (χ2n) is 12.8. The first-order valence-corrected chi connectivity index (χ1v) is 16.2. The van der Waals surface area contributed by atoms with E-state index in [4.69, 9.17) is 57.1 Å². The van der Waals surface area contributed by atoms with Crippen molar-refractivity contribution in [3.05, 3.63) is 12.2 Å². The third-order valence-electron chi connectivity index (χ3n) is 9.17. The highest BCUT2D eigenvalue weighted by Gasteiger charge is 2.54. The molecule has 0 aromatic carbocycles. The maximum Gasteiger partial charge on any atom is 0.294 e. The summed E-state index contributed by atoms with van der Waals surface area (Å²) in [4.78, 5) is 12.6. The van der Waals surface area contributed by atoms with Crippen LogP contribution in [0.5, 0.6) is 0 Å². The molecular weight excluding hydrogens is 680 g/mol. The van der Waals surface area contributed by atoms with Crippen molar-refractivity contribution in [1.29, 1.82) is 0 Å². The van der Waals surface area contributed by atoms with Gasteiger partial charge in [0.1, 0.15) is 54.9 Å². The van der Waals surface area contributed by atoms with E-state index in [0.29, 0.717) is 6.54 Å². The molecule has 1 aliphatic carbocycles. The molecule has 3 fully saturated rings. The number of amides is 1. The predicted octanol–water partition coefficient (Wildman–Crippen LogP) is -7.69. The smallest absolute Gasteiger partial charge is 0.294 e. The first-order chi connectivity index (χ1) is 23.6. The van der Waals surface area contributed by atoms with E-state index in [1.807, 2.05) is 0 Å². The van der Waals surface area contributed by atoms with Crippen molar-refractivity contribution in [2.75, 3.05) is 33.3 Å². The van der Waals surface area contributed by atoms with Gasteiger partial charge in [0.15, 0.2) is 25.0 Å². The molecule has 4 rings (SSSR count). The van der Waals surface area contributed by atoms with E-state index in [1.54, 1.807) is 19.2 Å². The molecule has 2 saturated heterocycles. The Labute approximate surface area is 286 Å². The molecule has 4 aliphatic rings. The minimum atomic E-state index is -3.99. The fraction of sp³-hybridized carbons (Fsp3) is 0.893. The Morgan fingerprint density at radius 3 is 2.16 bits per heavy atom. The van der Waals surface area contributed by atoms with Crippen LogP contribution in [0.25, 0.3) is 0 Å². The summed E-state index contributed by atoms with van der Waals surface area (Å²) in [5.41, 5.74) is 29.3. The maximum absolute atomic E-state index is 14.0. The quantitative estimate of drug-likeness (QED) is 0.0738. The van der Waals surface area contributed by atoms with Crippen LogP contribution in [0.4, 0.5) is 8.78 Å². The molecule has 50 heavy (non-hydrogen) atoms. The van der Waals surface area contributed by atoms with E-state index in [-0.39, 0.29) is 13.0 Å². The highest BCUT2D eigenvalue weighted by atomic mass is 19.3. The number of ether oxygens (including phenoxy) is 6. The van der Waals surface area contributed by atoms with Crippen LogP contribution >= 0.6 is 0 Å². The number of alkyl halides is 2. The van der Waals surface area contributed by atoms with E-state index < -0.39 is 135 Å². The van der Waals surface area contributed by atoms with Gasteiger partial charge in [0.25, 0.3) is 11.8 Å². The third-order valence-corrected chi connectivity index (χ3v) is 9.17. The fourth-order valence-corrected chi connectivity index (χ4v) is 6.24. The molecule has 3 aliphatic heterocycles. The van der Waals surface area contributed by atoms with Crippen LogP contribution in [0.2, 0.25) is 0 Å². The van der Waals surface area contributed by atoms with E-state index in [2.05, 4.69) is 10.6 Å². The van der Waals surface area contributed by atoms with Gasteiger partial charge in [-0.1, -0.05) is 12.2 Å². The van der Waals surface area contributed by atoms with Crippen molar-refractivity contribution in [3.63, 3.8) is 0 Å². The molecule has 18 N–H and O–H groups in total. The molecule has 0 aromatic heterocycles. The number of halogens is 2. The average Bonchev–Trinajstić information content (AvgIpc) is 3.39. The molecule has 1 saturated carbocycles. The van der Waals surface area contributed by atoms with Crippen LogP contribution in [0.15, 0.2) is 12.2 Å². The summed E-state index contributed by atoms with van der Waals surface area (Å²) in [7, 11) is 1.70. The lowest BCUT2D eigenvalue weighted by Crippen LogP contribution is -2.67. The number of carbonyl (C=O) groups is 1. The van der Waals surface area contributed by atoms with Crippen molar-refractivity contribution >= 4 is 5.91 Å². The highest BCUT2D eigenvalue weighted by Crippen LogP contribution is 2.34. The zero-order chi connectivity index (χ0) is 37.1. The lowest BCUT2D eigenvalue weighted by atomic mass is 9.83. The number of carbonyl (C=O) groups excluding carboxylic acids is 1. The summed E-state index contributed by atoms with van der Waals surface area (Å²) in [6, 6.07) is -4.64. The summed E-state index contributed by atoms with van der Waals surface area (Å²) in [6.45, 7) is -1.91. The number of aliphatic hydroxyl groups is 6. The fourth-order valence-electron chi connectivity index (χ4n) is 6.24. The SMILES string of the molecule is CNC[C@@H]1C=C[C@@H](N)[C@@H](O[C@H]2[C@H](O[C@@H]3O[C@H](CO)[C@@H](O[C@H]4O[C@@H](CN)[C@@H](O)[C@H](O)[C@H]4N)[C@H]3O)[C@@H](O)[C@H](NC(=O)C(O)C(F)(F)CN)C[C@@H]2N)O1. The minimum absolute atomic E-state index is 0.219. The second-order valence-corrected chi connectivity index (χ2v) is 12.8. The Morgan fingerprint density at radius 1 is 0.900 bits per heavy atom. The zero-order valence-corrected chi connectivity index (χ0v) is 27.3. The van der Waals surface area contributed by atoms with Crippen LogP contribution in [-0.4, -0.2) is 186 Å². The minimum Gasteiger partial charge on any atom is -0.394 e. The molecule has 22 heteroatoms. The molecule has 0 spiro atoms. The second kappa shape index (κ2) is 17.5. The van der Waals surface area contributed by atoms with Gasteiger partial charge < -0.3 is 98.4 Å². The first kappa shape index (κ1) is 41.1. The summed E-state index contributed by atoms with van der Waals surface area (Å²) < 4.78 is 63.2. The van der Waals surface area contributed by atoms with Gasteiger partial charge in [-0.3, -0.25) is 4.79 Å². The van der Waals surface area contributed by atoms with Gasteiger partial charge in [0, 0.05) is 19.1 Å². The molecular formula is C28H51F2N7O13. The van der Waals surface area contributed by atoms with Gasteiger partial charge in [0.2, 0.25) is 0 Å². The van der Waals surface area contributed by atoms with Crippen molar-refractivity contribution in [2.45, 2.75) is 123 Å². The monoisotopic (exact) mass is 731 g/mol. The third kappa shape index (κ3) is 8.92. The van der Waals surface area contributed by atoms with Gasteiger partial charge in [-0.2, -0.15) is 0 Å². The van der Waals surface area contributed by atoms with Crippen molar-refractivity contribution in [3.8, 4) is 0 Å². The van der Waals surface area contributed by atoms with E-state index in [1.165, 1.54) is 0 Å². The number of rotatable bonds is 14. The molecule has 1 amide bonds. The van der Waals surface area contributed by atoms with Gasteiger partial charge in [-0.05, 0) is 13.5 Å². The summed E-state index contributed by atoms with van der Waals surface area (Å²) in [6.07, 6.45) is -17.7. The van der Waals surface area contributed by atoms with Gasteiger partial charge in [0.05, 0.1) is 37.4 Å². The first-order valence-electron chi connectivity index (χ1n) is 16.2. The number of hydrogen-bond acceptors (Lipinski definition) is 19. The lowest BCUT2D eigenvalue weighted by molar-refractivity contribution is -0.284. The molecule has 0 aromatic rings. The number of nitrogens with two attached hydrogens (primary N) is 5. The van der Waals surface area contributed by atoms with E-state index >= 15 is 0 Å². The molecule has 0 bridgehead atoms. The Hall–Kier alpha value is -1.65. The Balaban J connectivity index is 1.57. The van der Waals surface area contributed by atoms with Gasteiger partial charge in [-0.25, -0.2) is 8.78 Å². The maximum atomic E-state index is 14.0. The molecule has 290 valence electrons. The lowest BCUT2D eigenvalue weighted by Gasteiger charge is -2.46. The summed E-state index contributed by atoms with van der Waals surface area (Å²) >= 11 is 0. The number of aliphatic hydroxyl groups excluding tert-OH is 6. The van der Waals surface area contributed by atoms with E-state index in [0.717, 1.165) is 0 Å². The highest BCUT2D eigenvalue weighted by molar-refractivity contribution is 5.82. The largest absolute Gasteiger partial charge is 0.394 e. The average molecular weight is 732 g/mol. The number of likely N-dealkylation sites (N-methyl/N-ethyl adjacent to an activating group) is 1. The topological polar surface area (TPSA) is 348 Å². The van der Waals surface area contributed by atoms with Crippen molar-refractivity contribution in [1.82, 2.24) is 10.6 Å². The van der Waals surface area contributed by atoms with Crippen LogP contribution in [0, 0.1) is 0 Å². The van der Waals surface area contributed by atoms with E-state index in [9.17, 15) is 44.2 Å². The van der Waals surface area contributed by atoms with Crippen LogP contribution in [-0.2, 0) is 33.2 Å². The standard InChI is InChI=1S/C28H51F2N7O13/c1-36-6-9-2-3-10(33)25(45-9)48-20-11(34)4-12(37-24(44)23(43)28(29,30)8-32)16(39)22(20)50-27-19(42)21(14(7-38)47-27)49-26-15(35)18(41)17(40)13(5-31)46-26/h2-3,9-23,25-27,36,38-43H,4-8,31-35H2,1H3,(H,37,44)/t9-,10+,11-,12+,13-,14+,15+,16-,17+,18+,19+,20+,21+,22+,23?,25+,26+,27-/m0/s1. The Kier molecular flexibility index (Phi) is 14.3. The predicted molar refractivity (Wildman–Crippen MR) is 164 cm³/mol. The summed E-state index contributed by atoms with van der Waals surface area (Å²) in [5, 5.41) is 68.5. The molecule has 18 atom stereocenters. The molecule has 1 unspecified atom stereocenters. The van der Waals surface area contributed by atoms with Crippen LogP contribution in [0.3, 0.4) is 0 Å². The molecule has 3 heterocycles. The zero-order valence-electron chi connectivity index (χ0n) is 27.3. The van der Waals surface area contributed by atoms with Gasteiger partial charge in [-0.15, -0.1) is 0 Å². The molecule has 0 radical (unpaired) electrons. The van der Waals surface area contributed by atoms with Gasteiger partial charge >= 0.3 is 0 Å². The van der Waals surface area contributed by atoms with Crippen molar-refractivity contribution in [2.24, 2.45) is 28.7 Å². The summed E-state index contributed by atoms with van der Waals surface area (Å²) in [5.74, 6) is -5.54. The Bertz CT molecular complexity index is 1140. The number of nitrogens with one attached hydrogen (secondary N) is 2. The number of hydrogen-bond donors (Lipinski definition) is 13. The van der Waals surface area contributed by atoms with Crippen LogP contribution in [0.1, 0.15) is 6.42 Å².